The van der Waals surface area contributed by atoms with E-state index in [2.05, 4.69) is 75.4 Å². The Morgan fingerprint density at radius 1 is 0.935 bits per heavy atom. The van der Waals surface area contributed by atoms with E-state index in [0.717, 1.165) is 32.9 Å². The zero-order chi connectivity index (χ0) is 21.8. The van der Waals surface area contributed by atoms with Gasteiger partial charge in [0.05, 0.1) is 23.2 Å². The van der Waals surface area contributed by atoms with Crippen LogP contribution >= 0.6 is 11.3 Å². The van der Waals surface area contributed by atoms with E-state index in [1.54, 1.807) is 11.3 Å². The van der Waals surface area contributed by atoms with Crippen LogP contribution in [0.3, 0.4) is 0 Å². The first-order valence-corrected chi connectivity index (χ1v) is 11.7. The lowest BCUT2D eigenvalue weighted by Crippen LogP contribution is -2.31. The Morgan fingerprint density at radius 3 is 2.32 bits per heavy atom. The molecule has 0 saturated heterocycles. The van der Waals surface area contributed by atoms with Gasteiger partial charge in [0.1, 0.15) is 0 Å². The molecule has 0 saturated carbocycles. The highest BCUT2D eigenvalue weighted by Gasteiger charge is 2.21. The minimum atomic E-state index is 0.0657. The normalized spacial score (nSPS) is 11.2. The topological polar surface area (TPSA) is 33.2 Å². The van der Waals surface area contributed by atoms with Crippen molar-refractivity contribution in [3.63, 3.8) is 0 Å². The molecule has 0 bridgehead atoms. The molecule has 0 atom stereocenters. The summed E-state index contributed by atoms with van der Waals surface area (Å²) in [6.45, 7) is 7.03. The first kappa shape index (κ1) is 21.3. The Morgan fingerprint density at radius 2 is 1.65 bits per heavy atom. The molecule has 158 valence electrons. The SMILES string of the molecule is CCc1ccc2nc(N(Cc3ccccc3)C(=O)Cc3ccc(C(C)C)cc3)sc2c1. The molecule has 1 aromatic heterocycles. The van der Waals surface area contributed by atoms with Crippen molar-refractivity contribution in [3.8, 4) is 0 Å². The summed E-state index contributed by atoms with van der Waals surface area (Å²) < 4.78 is 1.13. The summed E-state index contributed by atoms with van der Waals surface area (Å²) in [6.07, 6.45) is 1.35. The van der Waals surface area contributed by atoms with Crippen LogP contribution in [0.15, 0.2) is 72.8 Å². The van der Waals surface area contributed by atoms with E-state index in [4.69, 9.17) is 4.98 Å². The fourth-order valence-electron chi connectivity index (χ4n) is 3.61. The van der Waals surface area contributed by atoms with E-state index in [-0.39, 0.29) is 5.91 Å². The van der Waals surface area contributed by atoms with Gasteiger partial charge in [-0.25, -0.2) is 4.98 Å². The minimum Gasteiger partial charge on any atom is -0.283 e. The predicted molar refractivity (Wildman–Crippen MR) is 131 cm³/mol. The summed E-state index contributed by atoms with van der Waals surface area (Å²) in [6, 6.07) is 24.9. The number of hydrogen-bond acceptors (Lipinski definition) is 3. The van der Waals surface area contributed by atoms with Crippen LogP contribution < -0.4 is 4.90 Å². The maximum Gasteiger partial charge on any atom is 0.233 e. The van der Waals surface area contributed by atoms with Crippen molar-refractivity contribution in [2.75, 3.05) is 4.90 Å². The molecule has 0 unspecified atom stereocenters. The van der Waals surface area contributed by atoms with Gasteiger partial charge < -0.3 is 0 Å². The Labute approximate surface area is 188 Å². The fraction of sp³-hybridized carbons (Fsp3) is 0.259. The van der Waals surface area contributed by atoms with Crippen LogP contribution in [-0.2, 0) is 24.2 Å². The molecule has 4 rings (SSSR count). The smallest absolute Gasteiger partial charge is 0.233 e. The van der Waals surface area contributed by atoms with E-state index >= 15 is 0 Å². The molecule has 3 nitrogen and oxygen atoms in total. The van der Waals surface area contributed by atoms with E-state index in [0.29, 0.717) is 18.9 Å². The van der Waals surface area contributed by atoms with Crippen LogP contribution in [0, 0.1) is 0 Å². The quantitative estimate of drug-likeness (QED) is 0.326. The first-order valence-electron chi connectivity index (χ1n) is 10.9. The monoisotopic (exact) mass is 428 g/mol. The van der Waals surface area contributed by atoms with Crippen LogP contribution in [0.1, 0.15) is 48.9 Å². The molecule has 0 spiro atoms. The van der Waals surface area contributed by atoms with Crippen molar-refractivity contribution >= 4 is 32.6 Å². The van der Waals surface area contributed by atoms with Crippen molar-refractivity contribution < 1.29 is 4.79 Å². The van der Waals surface area contributed by atoms with Crippen molar-refractivity contribution in [2.24, 2.45) is 0 Å². The lowest BCUT2D eigenvalue weighted by molar-refractivity contribution is -0.118. The van der Waals surface area contributed by atoms with Gasteiger partial charge in [-0.05, 0) is 46.7 Å². The van der Waals surface area contributed by atoms with Crippen LogP contribution in [0.2, 0.25) is 0 Å². The Hall–Kier alpha value is -2.98. The molecule has 4 aromatic rings. The van der Waals surface area contributed by atoms with Crippen molar-refractivity contribution in [1.82, 2.24) is 4.98 Å². The Balaban J connectivity index is 1.64. The van der Waals surface area contributed by atoms with Crippen LogP contribution in [0.4, 0.5) is 5.13 Å². The van der Waals surface area contributed by atoms with Gasteiger partial charge in [0.25, 0.3) is 0 Å². The van der Waals surface area contributed by atoms with Gasteiger partial charge in [0.15, 0.2) is 5.13 Å². The zero-order valence-electron chi connectivity index (χ0n) is 18.3. The number of fused-ring (bicyclic) bond motifs is 1. The summed E-state index contributed by atoms with van der Waals surface area (Å²) in [5, 5.41) is 0.760. The van der Waals surface area contributed by atoms with E-state index in [1.807, 2.05) is 23.1 Å². The largest absolute Gasteiger partial charge is 0.283 e. The number of thiazole rings is 1. The second-order valence-corrected chi connectivity index (χ2v) is 9.20. The highest BCUT2D eigenvalue weighted by molar-refractivity contribution is 7.22. The fourth-order valence-corrected chi connectivity index (χ4v) is 4.66. The highest BCUT2D eigenvalue weighted by Crippen LogP contribution is 2.31. The van der Waals surface area contributed by atoms with Gasteiger partial charge in [-0.15, -0.1) is 0 Å². The summed E-state index contributed by atoms with van der Waals surface area (Å²) >= 11 is 1.59. The molecule has 4 heteroatoms. The predicted octanol–water partition coefficient (Wildman–Crippen LogP) is 6.76. The third-order valence-corrected chi connectivity index (χ3v) is 6.61. The van der Waals surface area contributed by atoms with Crippen molar-refractivity contribution in [2.45, 2.75) is 46.1 Å². The lowest BCUT2D eigenvalue weighted by atomic mass is 10.0. The third kappa shape index (κ3) is 5.02. The van der Waals surface area contributed by atoms with E-state index in [9.17, 15) is 4.79 Å². The van der Waals surface area contributed by atoms with Gasteiger partial charge in [-0.1, -0.05) is 92.8 Å². The standard InChI is InChI=1S/C27H28N2OS/c1-4-20-12-15-24-25(16-20)31-27(28-24)29(18-22-8-6-5-7-9-22)26(30)17-21-10-13-23(14-11-21)19(2)3/h5-16,19H,4,17-18H2,1-3H3. The molecule has 0 aliphatic carbocycles. The average Bonchev–Trinajstić information content (AvgIpc) is 3.21. The summed E-state index contributed by atoms with van der Waals surface area (Å²) in [7, 11) is 0. The van der Waals surface area contributed by atoms with Crippen LogP contribution in [0.5, 0.6) is 0 Å². The summed E-state index contributed by atoms with van der Waals surface area (Å²) in [4.78, 5) is 20.1. The van der Waals surface area contributed by atoms with Gasteiger partial charge in [-0.2, -0.15) is 0 Å². The van der Waals surface area contributed by atoms with Gasteiger partial charge >= 0.3 is 0 Å². The minimum absolute atomic E-state index is 0.0657. The third-order valence-electron chi connectivity index (χ3n) is 5.57. The number of rotatable bonds is 7. The Bertz CT molecular complexity index is 1160. The molecule has 0 fully saturated rings. The number of aromatic nitrogens is 1. The van der Waals surface area contributed by atoms with E-state index in [1.165, 1.54) is 11.1 Å². The lowest BCUT2D eigenvalue weighted by Gasteiger charge is -2.20. The number of nitrogens with zero attached hydrogens (tertiary/aromatic N) is 2. The molecular weight excluding hydrogens is 400 g/mol. The van der Waals surface area contributed by atoms with Crippen LogP contribution in [0.25, 0.3) is 10.2 Å². The van der Waals surface area contributed by atoms with Gasteiger partial charge in [0, 0.05) is 0 Å². The van der Waals surface area contributed by atoms with Crippen molar-refractivity contribution in [1.29, 1.82) is 0 Å². The van der Waals surface area contributed by atoms with Crippen LogP contribution in [-0.4, -0.2) is 10.9 Å². The maximum absolute atomic E-state index is 13.4. The number of hydrogen-bond donors (Lipinski definition) is 0. The Kier molecular flexibility index (Phi) is 6.47. The van der Waals surface area contributed by atoms with Crippen molar-refractivity contribution in [3.05, 3.63) is 95.1 Å². The number of carbonyl (C=O) groups excluding carboxylic acids is 1. The zero-order valence-corrected chi connectivity index (χ0v) is 19.2. The molecule has 0 aliphatic rings. The average molecular weight is 429 g/mol. The first-order chi connectivity index (χ1) is 15.0. The molecule has 31 heavy (non-hydrogen) atoms. The molecule has 1 amide bonds. The molecule has 3 aromatic carbocycles. The van der Waals surface area contributed by atoms with Gasteiger partial charge in [0.2, 0.25) is 5.91 Å². The summed E-state index contributed by atoms with van der Waals surface area (Å²) in [5.41, 5.74) is 5.65. The molecule has 1 heterocycles. The number of amides is 1. The highest BCUT2D eigenvalue weighted by atomic mass is 32.1. The number of benzene rings is 3. The molecule has 0 N–H and O–H groups in total. The molecular formula is C27H28N2OS. The molecule has 0 aliphatic heterocycles. The maximum atomic E-state index is 13.4. The second kappa shape index (κ2) is 9.44. The molecule has 0 radical (unpaired) electrons. The number of anilines is 1. The number of carbonyl (C=O) groups is 1. The van der Waals surface area contributed by atoms with E-state index < -0.39 is 0 Å². The second-order valence-electron chi connectivity index (χ2n) is 8.19. The number of aryl methyl sites for hydroxylation is 1. The summed E-state index contributed by atoms with van der Waals surface area (Å²) in [5.74, 6) is 0.547. The van der Waals surface area contributed by atoms with Gasteiger partial charge in [-0.3, -0.25) is 9.69 Å².